The number of benzene rings is 3. The summed E-state index contributed by atoms with van der Waals surface area (Å²) in [6, 6.07) is 13.3. The van der Waals surface area contributed by atoms with Crippen LogP contribution in [0, 0.1) is 35.1 Å². The molecular formula is C38H44F4O2. The van der Waals surface area contributed by atoms with Crippen LogP contribution in [0.2, 0.25) is 0 Å². The summed E-state index contributed by atoms with van der Waals surface area (Å²) in [5, 5.41) is 0. The van der Waals surface area contributed by atoms with Crippen LogP contribution in [0.15, 0.2) is 48.5 Å². The topological polar surface area (TPSA) is 26.3 Å². The molecule has 0 heterocycles. The number of hydrogen-bond donors (Lipinski definition) is 0. The second-order valence-electron chi connectivity index (χ2n) is 12.8. The Hall–Kier alpha value is -3.15. The normalized spacial score (nSPS) is 22.1. The van der Waals surface area contributed by atoms with Gasteiger partial charge in [-0.2, -0.15) is 0 Å². The van der Waals surface area contributed by atoms with E-state index >= 15 is 0 Å². The molecule has 0 spiro atoms. The molecule has 3 aromatic rings. The first-order valence-electron chi connectivity index (χ1n) is 16.6. The van der Waals surface area contributed by atoms with Gasteiger partial charge in [0.25, 0.3) is 0 Å². The van der Waals surface area contributed by atoms with Crippen LogP contribution >= 0.6 is 0 Å². The van der Waals surface area contributed by atoms with Gasteiger partial charge in [0, 0.05) is 5.56 Å². The lowest BCUT2D eigenvalue weighted by molar-refractivity contribution is 0.0115. The summed E-state index contributed by atoms with van der Waals surface area (Å²) >= 11 is 0. The zero-order chi connectivity index (χ0) is 31.2. The van der Waals surface area contributed by atoms with E-state index < -0.39 is 29.2 Å². The Balaban J connectivity index is 1.10. The molecular weight excluding hydrogens is 564 g/mol. The fourth-order valence-electron chi connectivity index (χ4n) is 7.35. The SMILES string of the molecule is CCCCCc1ccc(-c2ccc(C(=O)OC3CCC(C4CCC(c5ccc(CC)c(F)c5F)CC4)CC3)cc2)c(F)c1F. The first-order chi connectivity index (χ1) is 21.3. The summed E-state index contributed by atoms with van der Waals surface area (Å²) in [6.07, 6.45) is 11.0. The van der Waals surface area contributed by atoms with Gasteiger partial charge in [-0.3, -0.25) is 0 Å². The van der Waals surface area contributed by atoms with E-state index in [0.29, 0.717) is 52.5 Å². The number of rotatable bonds is 10. The lowest BCUT2D eigenvalue weighted by Gasteiger charge is -2.37. The molecule has 6 heteroatoms. The van der Waals surface area contributed by atoms with Gasteiger partial charge in [0.1, 0.15) is 6.10 Å². The molecule has 2 nitrogen and oxygen atoms in total. The minimum atomic E-state index is -0.855. The van der Waals surface area contributed by atoms with Gasteiger partial charge in [0.05, 0.1) is 5.56 Å². The highest BCUT2D eigenvalue weighted by atomic mass is 19.2. The molecule has 2 aliphatic rings. The standard InChI is InChI=1S/C38H44F4O2/c1-3-5-6-7-29-19-23-33(37(42)35(29)40)28-12-14-30(15-13-28)38(43)44-31-20-16-26(17-21-31)25-8-10-27(11-9-25)32-22-18-24(4-2)34(39)36(32)41/h12-15,18-19,22-23,25-27,31H,3-11,16-17,20-21H2,1-2H3. The monoisotopic (exact) mass is 608 g/mol. The number of aryl methyl sites for hydroxylation is 2. The first-order valence-corrected chi connectivity index (χ1v) is 16.6. The molecule has 0 aromatic heterocycles. The Labute approximate surface area is 259 Å². The first kappa shape index (κ1) is 32.2. The molecule has 0 amide bonds. The molecule has 0 bridgehead atoms. The van der Waals surface area contributed by atoms with E-state index in [-0.39, 0.29) is 17.6 Å². The lowest BCUT2D eigenvalue weighted by Crippen LogP contribution is -2.29. The van der Waals surface area contributed by atoms with Crippen LogP contribution < -0.4 is 0 Å². The minimum Gasteiger partial charge on any atom is -0.459 e. The van der Waals surface area contributed by atoms with E-state index in [0.717, 1.165) is 70.6 Å². The van der Waals surface area contributed by atoms with Gasteiger partial charge < -0.3 is 4.74 Å². The molecule has 2 saturated carbocycles. The zero-order valence-corrected chi connectivity index (χ0v) is 25.9. The van der Waals surface area contributed by atoms with Gasteiger partial charge in [0.15, 0.2) is 23.3 Å². The Morgan fingerprint density at radius 2 is 1.30 bits per heavy atom. The minimum absolute atomic E-state index is 0.0702. The third-order valence-corrected chi connectivity index (χ3v) is 10.1. The zero-order valence-electron chi connectivity index (χ0n) is 25.9. The summed E-state index contributed by atoms with van der Waals surface area (Å²) in [5.74, 6) is -2.22. The molecule has 0 radical (unpaired) electrons. The third kappa shape index (κ3) is 7.21. The van der Waals surface area contributed by atoms with Gasteiger partial charge in [0.2, 0.25) is 0 Å². The largest absolute Gasteiger partial charge is 0.459 e. The summed E-state index contributed by atoms with van der Waals surface area (Å²) in [7, 11) is 0. The number of hydrogen-bond acceptors (Lipinski definition) is 2. The average Bonchev–Trinajstić information content (AvgIpc) is 3.05. The molecule has 0 atom stereocenters. The number of esters is 1. The van der Waals surface area contributed by atoms with Crippen LogP contribution in [-0.2, 0) is 17.6 Å². The van der Waals surface area contributed by atoms with Crippen molar-refractivity contribution in [1.29, 1.82) is 0 Å². The van der Waals surface area contributed by atoms with E-state index in [1.165, 1.54) is 0 Å². The van der Waals surface area contributed by atoms with Crippen LogP contribution in [0.4, 0.5) is 17.6 Å². The second kappa shape index (κ2) is 14.8. The van der Waals surface area contributed by atoms with Crippen molar-refractivity contribution in [2.45, 2.75) is 109 Å². The predicted molar refractivity (Wildman–Crippen MR) is 167 cm³/mol. The van der Waals surface area contributed by atoms with Gasteiger partial charge in [-0.25, -0.2) is 22.4 Å². The van der Waals surface area contributed by atoms with E-state index in [1.54, 1.807) is 48.5 Å². The van der Waals surface area contributed by atoms with Crippen molar-refractivity contribution >= 4 is 5.97 Å². The predicted octanol–water partition coefficient (Wildman–Crippen LogP) is 10.9. The molecule has 2 aliphatic carbocycles. The molecule has 0 N–H and O–H groups in total. The molecule has 5 rings (SSSR count). The Bertz CT molecular complexity index is 1420. The number of ether oxygens (including phenoxy) is 1. The van der Waals surface area contributed by atoms with Crippen molar-refractivity contribution in [3.63, 3.8) is 0 Å². The second-order valence-corrected chi connectivity index (χ2v) is 12.8. The lowest BCUT2D eigenvalue weighted by atomic mass is 9.69. The van der Waals surface area contributed by atoms with E-state index in [9.17, 15) is 22.4 Å². The smallest absolute Gasteiger partial charge is 0.338 e. The Morgan fingerprint density at radius 3 is 1.93 bits per heavy atom. The van der Waals surface area contributed by atoms with Gasteiger partial charge >= 0.3 is 5.97 Å². The fraction of sp³-hybridized carbons (Fsp3) is 0.500. The van der Waals surface area contributed by atoms with E-state index in [4.69, 9.17) is 4.74 Å². The van der Waals surface area contributed by atoms with Crippen molar-refractivity contribution in [3.8, 4) is 11.1 Å². The molecule has 44 heavy (non-hydrogen) atoms. The average molecular weight is 609 g/mol. The summed E-state index contributed by atoms with van der Waals surface area (Å²) in [5.41, 5.74) is 2.43. The summed E-state index contributed by atoms with van der Waals surface area (Å²) in [4.78, 5) is 12.9. The van der Waals surface area contributed by atoms with Crippen LogP contribution in [0.3, 0.4) is 0 Å². The van der Waals surface area contributed by atoms with Crippen LogP contribution in [0.5, 0.6) is 0 Å². The van der Waals surface area contributed by atoms with Crippen molar-refractivity contribution in [1.82, 2.24) is 0 Å². The van der Waals surface area contributed by atoms with E-state index in [1.807, 2.05) is 6.92 Å². The maximum Gasteiger partial charge on any atom is 0.338 e. The Morgan fingerprint density at radius 1 is 0.682 bits per heavy atom. The molecule has 0 aliphatic heterocycles. The van der Waals surface area contributed by atoms with Gasteiger partial charge in [-0.05, 0) is 123 Å². The molecule has 0 unspecified atom stereocenters. The highest BCUT2D eigenvalue weighted by molar-refractivity contribution is 5.90. The summed E-state index contributed by atoms with van der Waals surface area (Å²) in [6.45, 7) is 3.90. The van der Waals surface area contributed by atoms with Gasteiger partial charge in [-0.1, -0.05) is 63.1 Å². The third-order valence-electron chi connectivity index (χ3n) is 10.1. The number of carbonyl (C=O) groups is 1. The quantitative estimate of drug-likeness (QED) is 0.130. The Kier molecular flexibility index (Phi) is 10.8. The van der Waals surface area contributed by atoms with Gasteiger partial charge in [-0.15, -0.1) is 0 Å². The molecule has 236 valence electrons. The highest BCUT2D eigenvalue weighted by Crippen LogP contribution is 2.44. The number of halogens is 4. The van der Waals surface area contributed by atoms with Crippen molar-refractivity contribution in [2.75, 3.05) is 0 Å². The maximum atomic E-state index is 14.8. The van der Waals surface area contributed by atoms with Crippen LogP contribution in [0.25, 0.3) is 11.1 Å². The van der Waals surface area contributed by atoms with Crippen molar-refractivity contribution in [3.05, 3.63) is 94.1 Å². The van der Waals surface area contributed by atoms with Crippen molar-refractivity contribution < 1.29 is 27.1 Å². The maximum absolute atomic E-state index is 14.8. The fourth-order valence-corrected chi connectivity index (χ4v) is 7.35. The number of unbranched alkanes of at least 4 members (excludes halogenated alkanes) is 2. The van der Waals surface area contributed by atoms with E-state index in [2.05, 4.69) is 6.92 Å². The van der Waals surface area contributed by atoms with Crippen LogP contribution in [0.1, 0.15) is 117 Å². The molecule has 0 saturated heterocycles. The van der Waals surface area contributed by atoms with Crippen LogP contribution in [-0.4, -0.2) is 12.1 Å². The summed E-state index contributed by atoms with van der Waals surface area (Å²) < 4.78 is 64.4. The molecule has 3 aromatic carbocycles. The highest BCUT2D eigenvalue weighted by Gasteiger charge is 2.33. The van der Waals surface area contributed by atoms with Crippen molar-refractivity contribution in [2.24, 2.45) is 11.8 Å². The molecule has 2 fully saturated rings. The number of carbonyl (C=O) groups excluding carboxylic acids is 1.